The monoisotopic (exact) mass is 263 g/mol. The molecule has 0 heterocycles. The Kier molecular flexibility index (Phi) is 4.35. The van der Waals surface area contributed by atoms with Crippen LogP contribution in [0.1, 0.15) is 57.6 Å². The van der Waals surface area contributed by atoms with Crippen molar-refractivity contribution in [2.24, 2.45) is 5.41 Å². The highest BCUT2D eigenvalue weighted by Gasteiger charge is 2.26. The quantitative estimate of drug-likeness (QED) is 0.776. The highest BCUT2D eigenvalue weighted by atomic mass is 16.3. The molecule has 19 heavy (non-hydrogen) atoms. The zero-order valence-electron chi connectivity index (χ0n) is 11.9. The minimum atomic E-state index is 0.118. The van der Waals surface area contributed by atoms with E-state index in [-0.39, 0.29) is 17.5 Å². The Balaban J connectivity index is 1.95. The molecule has 0 amide bonds. The molecule has 3 nitrogen and oxygen atoms in total. The van der Waals surface area contributed by atoms with E-state index in [0.29, 0.717) is 5.41 Å². The van der Waals surface area contributed by atoms with Crippen LogP contribution in [0.3, 0.4) is 0 Å². The third-order valence-corrected chi connectivity index (χ3v) is 4.32. The van der Waals surface area contributed by atoms with Crippen LogP contribution in [0.4, 0.5) is 0 Å². The second-order valence-corrected chi connectivity index (χ2v) is 6.26. The zero-order valence-corrected chi connectivity index (χ0v) is 11.9. The van der Waals surface area contributed by atoms with Crippen LogP contribution in [0.15, 0.2) is 18.2 Å². The molecule has 2 rings (SSSR count). The molecule has 0 saturated heterocycles. The summed E-state index contributed by atoms with van der Waals surface area (Å²) in [7, 11) is 0. The first-order chi connectivity index (χ1) is 8.98. The number of rotatable bonds is 4. The van der Waals surface area contributed by atoms with Crippen molar-refractivity contribution in [1.82, 2.24) is 5.32 Å². The lowest BCUT2D eigenvalue weighted by atomic mass is 9.75. The molecule has 1 fully saturated rings. The maximum atomic E-state index is 9.52. The minimum Gasteiger partial charge on any atom is -0.508 e. The third-order valence-electron chi connectivity index (χ3n) is 4.32. The molecular weight excluding hydrogens is 238 g/mol. The van der Waals surface area contributed by atoms with E-state index in [9.17, 15) is 10.2 Å². The van der Waals surface area contributed by atoms with Crippen LogP contribution in [0, 0.1) is 5.41 Å². The Morgan fingerprint density at radius 3 is 2.26 bits per heavy atom. The molecule has 1 aromatic rings. The molecule has 0 radical (unpaired) electrons. The van der Waals surface area contributed by atoms with Crippen LogP contribution in [-0.2, 0) is 0 Å². The van der Waals surface area contributed by atoms with Crippen LogP contribution in [0.2, 0.25) is 0 Å². The summed E-state index contributed by atoms with van der Waals surface area (Å²) >= 11 is 0. The molecule has 0 aromatic heterocycles. The molecule has 0 bridgehead atoms. The molecule has 1 aliphatic rings. The molecule has 3 N–H and O–H groups in total. The fraction of sp³-hybridized carbons (Fsp3) is 0.625. The van der Waals surface area contributed by atoms with Gasteiger partial charge in [0, 0.05) is 18.7 Å². The van der Waals surface area contributed by atoms with Crippen molar-refractivity contribution in [2.75, 3.05) is 6.54 Å². The van der Waals surface area contributed by atoms with E-state index >= 15 is 0 Å². The Morgan fingerprint density at radius 2 is 1.68 bits per heavy atom. The Morgan fingerprint density at radius 1 is 1.11 bits per heavy atom. The van der Waals surface area contributed by atoms with Gasteiger partial charge in [0.25, 0.3) is 0 Å². The van der Waals surface area contributed by atoms with E-state index in [2.05, 4.69) is 19.2 Å². The Bertz CT molecular complexity index is 405. The lowest BCUT2D eigenvalue weighted by Crippen LogP contribution is -2.34. The minimum absolute atomic E-state index is 0.118. The van der Waals surface area contributed by atoms with Gasteiger partial charge in [0.05, 0.1) is 0 Å². The standard InChI is InChI=1S/C16H25NO2/c1-12(13-8-14(18)10-15(19)9-13)17-11-16(2)6-4-3-5-7-16/h8-10,12,17-19H,3-7,11H2,1-2H3. The van der Waals surface area contributed by atoms with Crippen molar-refractivity contribution in [2.45, 2.75) is 52.0 Å². The first kappa shape index (κ1) is 14.2. The molecule has 1 unspecified atom stereocenters. The van der Waals surface area contributed by atoms with Crippen LogP contribution in [-0.4, -0.2) is 16.8 Å². The van der Waals surface area contributed by atoms with Crippen LogP contribution >= 0.6 is 0 Å². The highest BCUT2D eigenvalue weighted by molar-refractivity contribution is 5.37. The summed E-state index contributed by atoms with van der Waals surface area (Å²) in [6, 6.07) is 4.91. The van der Waals surface area contributed by atoms with E-state index in [0.717, 1.165) is 12.1 Å². The van der Waals surface area contributed by atoms with Gasteiger partial charge in [0.2, 0.25) is 0 Å². The number of hydrogen-bond donors (Lipinski definition) is 3. The molecule has 0 aliphatic heterocycles. The molecular formula is C16H25NO2. The molecule has 1 aliphatic carbocycles. The van der Waals surface area contributed by atoms with Gasteiger partial charge >= 0.3 is 0 Å². The van der Waals surface area contributed by atoms with Crippen molar-refractivity contribution < 1.29 is 10.2 Å². The van der Waals surface area contributed by atoms with E-state index in [1.807, 2.05) is 0 Å². The SMILES string of the molecule is CC(NCC1(C)CCCCC1)c1cc(O)cc(O)c1. The summed E-state index contributed by atoms with van der Waals surface area (Å²) < 4.78 is 0. The first-order valence-corrected chi connectivity index (χ1v) is 7.25. The fourth-order valence-electron chi connectivity index (χ4n) is 2.97. The Labute approximate surface area is 115 Å². The third kappa shape index (κ3) is 3.87. The average Bonchev–Trinajstić information content (AvgIpc) is 2.36. The van der Waals surface area contributed by atoms with Gasteiger partial charge in [-0.2, -0.15) is 0 Å². The van der Waals surface area contributed by atoms with Gasteiger partial charge in [0.15, 0.2) is 0 Å². The van der Waals surface area contributed by atoms with Crippen LogP contribution < -0.4 is 5.32 Å². The van der Waals surface area contributed by atoms with Crippen LogP contribution in [0.5, 0.6) is 11.5 Å². The number of phenolic OH excluding ortho intramolecular Hbond substituents is 2. The van der Waals surface area contributed by atoms with E-state index in [1.165, 1.54) is 38.2 Å². The van der Waals surface area contributed by atoms with Gasteiger partial charge in [-0.3, -0.25) is 0 Å². The number of phenols is 2. The molecule has 1 atom stereocenters. The molecule has 106 valence electrons. The predicted molar refractivity (Wildman–Crippen MR) is 77.4 cm³/mol. The summed E-state index contributed by atoms with van der Waals surface area (Å²) in [6.07, 6.45) is 6.61. The molecule has 3 heteroatoms. The number of benzene rings is 1. The van der Waals surface area contributed by atoms with Gasteiger partial charge in [-0.05, 0) is 42.9 Å². The summed E-state index contributed by atoms with van der Waals surface area (Å²) in [5.41, 5.74) is 1.32. The van der Waals surface area contributed by atoms with Crippen molar-refractivity contribution in [1.29, 1.82) is 0 Å². The van der Waals surface area contributed by atoms with Crippen molar-refractivity contribution in [3.05, 3.63) is 23.8 Å². The Hall–Kier alpha value is -1.22. The van der Waals surface area contributed by atoms with Gasteiger partial charge < -0.3 is 15.5 Å². The second-order valence-electron chi connectivity index (χ2n) is 6.26. The average molecular weight is 263 g/mol. The summed E-state index contributed by atoms with van der Waals surface area (Å²) in [5, 5.41) is 22.6. The largest absolute Gasteiger partial charge is 0.508 e. The van der Waals surface area contributed by atoms with Crippen LogP contribution in [0.25, 0.3) is 0 Å². The van der Waals surface area contributed by atoms with E-state index < -0.39 is 0 Å². The number of hydrogen-bond acceptors (Lipinski definition) is 3. The van der Waals surface area contributed by atoms with E-state index in [4.69, 9.17) is 0 Å². The highest BCUT2D eigenvalue weighted by Crippen LogP contribution is 2.35. The van der Waals surface area contributed by atoms with Gasteiger partial charge in [0.1, 0.15) is 11.5 Å². The summed E-state index contributed by atoms with van der Waals surface area (Å²) in [5.74, 6) is 0.236. The number of aromatic hydroxyl groups is 2. The smallest absolute Gasteiger partial charge is 0.119 e. The fourth-order valence-corrected chi connectivity index (χ4v) is 2.97. The van der Waals surface area contributed by atoms with Gasteiger partial charge in [-0.15, -0.1) is 0 Å². The normalized spacial score (nSPS) is 20.1. The van der Waals surface area contributed by atoms with Crippen molar-refractivity contribution in [3.63, 3.8) is 0 Å². The zero-order chi connectivity index (χ0) is 13.9. The van der Waals surface area contributed by atoms with E-state index in [1.54, 1.807) is 12.1 Å². The lowest BCUT2D eigenvalue weighted by molar-refractivity contribution is 0.202. The topological polar surface area (TPSA) is 52.5 Å². The molecule has 1 aromatic carbocycles. The van der Waals surface area contributed by atoms with Gasteiger partial charge in [-0.1, -0.05) is 26.2 Å². The van der Waals surface area contributed by atoms with Crippen molar-refractivity contribution >= 4 is 0 Å². The first-order valence-electron chi connectivity index (χ1n) is 7.25. The maximum Gasteiger partial charge on any atom is 0.119 e. The predicted octanol–water partition coefficient (Wildman–Crippen LogP) is 3.72. The second kappa shape index (κ2) is 5.83. The lowest BCUT2D eigenvalue weighted by Gasteiger charge is -2.35. The summed E-state index contributed by atoms with van der Waals surface area (Å²) in [4.78, 5) is 0. The van der Waals surface area contributed by atoms with Gasteiger partial charge in [-0.25, -0.2) is 0 Å². The summed E-state index contributed by atoms with van der Waals surface area (Å²) in [6.45, 7) is 5.41. The van der Waals surface area contributed by atoms with Crippen molar-refractivity contribution in [3.8, 4) is 11.5 Å². The molecule has 0 spiro atoms. The maximum absolute atomic E-state index is 9.52. The number of nitrogens with one attached hydrogen (secondary N) is 1. The molecule has 1 saturated carbocycles.